The summed E-state index contributed by atoms with van der Waals surface area (Å²) in [6.45, 7) is 8.28. The van der Waals surface area contributed by atoms with E-state index in [1.54, 1.807) is 0 Å². The van der Waals surface area contributed by atoms with Crippen molar-refractivity contribution in [2.45, 2.75) is 39.5 Å². The van der Waals surface area contributed by atoms with Crippen LogP contribution in [0.1, 0.15) is 39.5 Å². The predicted octanol–water partition coefficient (Wildman–Crippen LogP) is 1.04. The molecule has 0 aromatic carbocycles. The third-order valence-corrected chi connectivity index (χ3v) is 1.97. The summed E-state index contributed by atoms with van der Waals surface area (Å²) in [4.78, 5) is 18.5. The van der Waals surface area contributed by atoms with Gasteiger partial charge in [0, 0.05) is 13.2 Å². The molecule has 6 N–H and O–H groups in total. The van der Waals surface area contributed by atoms with Gasteiger partial charge in [-0.05, 0) is 12.8 Å². The quantitative estimate of drug-likeness (QED) is 0.658. The summed E-state index contributed by atoms with van der Waals surface area (Å²) in [5, 5.41) is 0. The maximum atomic E-state index is 8.00. The average Bonchev–Trinajstić information content (AvgIpc) is 2.40. The SMILES string of the molecule is C=O.CCCCOCCCC.Nc1nc(N)nc(N)n1. The van der Waals surface area contributed by atoms with Gasteiger partial charge < -0.3 is 26.7 Å². The van der Waals surface area contributed by atoms with Gasteiger partial charge in [0.25, 0.3) is 0 Å². The molecule has 0 amide bonds. The highest BCUT2D eigenvalue weighted by Gasteiger charge is 1.93. The predicted molar refractivity (Wildman–Crippen MR) is 80.8 cm³/mol. The molecule has 1 aromatic rings. The highest BCUT2D eigenvalue weighted by Crippen LogP contribution is 1.97. The highest BCUT2D eigenvalue weighted by atomic mass is 16.5. The van der Waals surface area contributed by atoms with Gasteiger partial charge in [-0.1, -0.05) is 26.7 Å². The average molecular weight is 286 g/mol. The molecular formula is C12H26N6O2. The maximum absolute atomic E-state index is 8.00. The molecule has 116 valence electrons. The zero-order valence-electron chi connectivity index (χ0n) is 12.3. The van der Waals surface area contributed by atoms with Gasteiger partial charge in [-0.25, -0.2) is 0 Å². The molecule has 0 aliphatic carbocycles. The third kappa shape index (κ3) is 14.1. The summed E-state index contributed by atoms with van der Waals surface area (Å²) < 4.78 is 5.31. The van der Waals surface area contributed by atoms with Crippen molar-refractivity contribution in [3.63, 3.8) is 0 Å². The fourth-order valence-electron chi connectivity index (χ4n) is 1.02. The third-order valence-electron chi connectivity index (χ3n) is 1.97. The summed E-state index contributed by atoms with van der Waals surface area (Å²) in [7, 11) is 0. The van der Waals surface area contributed by atoms with E-state index in [-0.39, 0.29) is 17.8 Å². The van der Waals surface area contributed by atoms with Gasteiger partial charge in [0.1, 0.15) is 6.79 Å². The Morgan fingerprint density at radius 3 is 1.40 bits per heavy atom. The van der Waals surface area contributed by atoms with E-state index in [1.165, 1.54) is 25.7 Å². The first kappa shape index (κ1) is 20.4. The molecule has 0 saturated heterocycles. The smallest absolute Gasteiger partial charge is 0.226 e. The molecule has 0 saturated carbocycles. The van der Waals surface area contributed by atoms with Gasteiger partial charge in [-0.3, -0.25) is 0 Å². The van der Waals surface area contributed by atoms with Crippen molar-refractivity contribution in [2.75, 3.05) is 30.4 Å². The minimum atomic E-state index is 0.0417. The van der Waals surface area contributed by atoms with Crippen LogP contribution in [0.15, 0.2) is 0 Å². The van der Waals surface area contributed by atoms with Crippen LogP contribution in [0, 0.1) is 0 Å². The lowest BCUT2D eigenvalue weighted by molar-refractivity contribution is -0.0979. The summed E-state index contributed by atoms with van der Waals surface area (Å²) >= 11 is 0. The summed E-state index contributed by atoms with van der Waals surface area (Å²) in [6, 6.07) is 0. The second-order valence-electron chi connectivity index (χ2n) is 3.73. The number of anilines is 3. The van der Waals surface area contributed by atoms with E-state index in [0.717, 1.165) is 13.2 Å². The lowest BCUT2D eigenvalue weighted by Gasteiger charge is -1.99. The molecule has 0 bridgehead atoms. The van der Waals surface area contributed by atoms with E-state index in [2.05, 4.69) is 28.8 Å². The first-order valence-corrected chi connectivity index (χ1v) is 6.49. The van der Waals surface area contributed by atoms with Crippen molar-refractivity contribution in [2.24, 2.45) is 0 Å². The monoisotopic (exact) mass is 286 g/mol. The van der Waals surface area contributed by atoms with Crippen LogP contribution in [0.5, 0.6) is 0 Å². The van der Waals surface area contributed by atoms with E-state index < -0.39 is 0 Å². The normalized spacial score (nSPS) is 8.90. The van der Waals surface area contributed by atoms with Crippen LogP contribution in [0.25, 0.3) is 0 Å². The Balaban J connectivity index is 0. The number of rotatable bonds is 6. The van der Waals surface area contributed by atoms with E-state index in [4.69, 9.17) is 26.7 Å². The van der Waals surface area contributed by atoms with E-state index in [9.17, 15) is 0 Å². The molecule has 1 rings (SSSR count). The van der Waals surface area contributed by atoms with Crippen molar-refractivity contribution in [3.05, 3.63) is 0 Å². The van der Waals surface area contributed by atoms with Gasteiger partial charge in [0.15, 0.2) is 0 Å². The molecule has 0 unspecified atom stereocenters. The summed E-state index contributed by atoms with van der Waals surface area (Å²) in [5.74, 6) is 0.125. The Bertz CT molecular complexity index is 281. The van der Waals surface area contributed by atoms with Gasteiger partial charge in [0.05, 0.1) is 0 Å². The van der Waals surface area contributed by atoms with E-state index in [1.807, 2.05) is 6.79 Å². The van der Waals surface area contributed by atoms with Gasteiger partial charge in [0.2, 0.25) is 17.8 Å². The number of nitrogen functional groups attached to an aromatic ring is 3. The van der Waals surface area contributed by atoms with Crippen molar-refractivity contribution in [1.82, 2.24) is 15.0 Å². The van der Waals surface area contributed by atoms with Crippen molar-refractivity contribution in [1.29, 1.82) is 0 Å². The minimum absolute atomic E-state index is 0.0417. The van der Waals surface area contributed by atoms with E-state index in [0.29, 0.717) is 0 Å². The van der Waals surface area contributed by atoms with Crippen LogP contribution in [0.2, 0.25) is 0 Å². The number of carbonyl (C=O) groups is 1. The standard InChI is InChI=1S/C8H18O.C3H6N6.CH2O/c1-3-5-7-9-8-6-4-2;4-1-7-2(5)9-3(6)8-1;1-2/h3-8H2,1-2H3;(H6,4,5,6,7,8,9);1H2. The van der Waals surface area contributed by atoms with Crippen LogP contribution in [0.4, 0.5) is 17.8 Å². The first-order valence-electron chi connectivity index (χ1n) is 6.49. The van der Waals surface area contributed by atoms with Crippen LogP contribution in [0.3, 0.4) is 0 Å². The number of nitrogens with zero attached hydrogens (tertiary/aromatic N) is 3. The Morgan fingerprint density at radius 1 is 0.850 bits per heavy atom. The van der Waals surface area contributed by atoms with Gasteiger partial charge in [-0.2, -0.15) is 15.0 Å². The number of ether oxygens (including phenoxy) is 1. The Hall–Kier alpha value is -1.96. The summed E-state index contributed by atoms with van der Waals surface area (Å²) in [6.07, 6.45) is 4.91. The molecule has 8 heteroatoms. The molecule has 1 heterocycles. The second kappa shape index (κ2) is 15.1. The molecule has 8 nitrogen and oxygen atoms in total. The van der Waals surface area contributed by atoms with Crippen LogP contribution < -0.4 is 17.2 Å². The van der Waals surface area contributed by atoms with Crippen LogP contribution in [-0.2, 0) is 9.53 Å². The molecule has 0 spiro atoms. The second-order valence-corrected chi connectivity index (χ2v) is 3.73. The molecule has 0 aliphatic rings. The number of hydrogen-bond donors (Lipinski definition) is 3. The molecular weight excluding hydrogens is 260 g/mol. The van der Waals surface area contributed by atoms with Crippen molar-refractivity contribution < 1.29 is 9.53 Å². The van der Waals surface area contributed by atoms with Gasteiger partial charge >= 0.3 is 0 Å². The fourth-order valence-corrected chi connectivity index (χ4v) is 1.02. The first-order chi connectivity index (χ1) is 9.60. The lowest BCUT2D eigenvalue weighted by Crippen LogP contribution is -2.05. The number of aromatic nitrogens is 3. The Labute approximate surface area is 120 Å². The zero-order chi connectivity index (χ0) is 15.8. The molecule has 0 radical (unpaired) electrons. The number of hydrogen-bond acceptors (Lipinski definition) is 8. The molecule has 0 atom stereocenters. The largest absolute Gasteiger partial charge is 0.381 e. The fraction of sp³-hybridized carbons (Fsp3) is 0.667. The summed E-state index contributed by atoms with van der Waals surface area (Å²) in [5.41, 5.74) is 15.4. The van der Waals surface area contributed by atoms with Crippen molar-refractivity contribution >= 4 is 24.6 Å². The van der Waals surface area contributed by atoms with Gasteiger partial charge in [-0.15, -0.1) is 0 Å². The number of carbonyl (C=O) groups excluding carboxylic acids is 1. The molecule has 0 fully saturated rings. The number of unbranched alkanes of at least 4 members (excludes halogenated alkanes) is 2. The molecule has 20 heavy (non-hydrogen) atoms. The van der Waals surface area contributed by atoms with E-state index >= 15 is 0 Å². The Morgan fingerprint density at radius 2 is 1.15 bits per heavy atom. The number of nitrogens with two attached hydrogens (primary N) is 3. The minimum Gasteiger partial charge on any atom is -0.381 e. The Kier molecular flexibility index (Phi) is 15.4. The molecule has 0 aliphatic heterocycles. The molecule has 1 aromatic heterocycles. The highest BCUT2D eigenvalue weighted by molar-refractivity contribution is 5.33. The van der Waals surface area contributed by atoms with Crippen LogP contribution in [-0.4, -0.2) is 35.0 Å². The topological polar surface area (TPSA) is 143 Å². The zero-order valence-corrected chi connectivity index (χ0v) is 12.3. The maximum Gasteiger partial charge on any atom is 0.226 e. The van der Waals surface area contributed by atoms with Crippen molar-refractivity contribution in [3.8, 4) is 0 Å². The van der Waals surface area contributed by atoms with Crippen LogP contribution >= 0.6 is 0 Å². The lowest BCUT2D eigenvalue weighted by atomic mass is 10.3.